The number of thioether (sulfide) groups is 1. The second-order valence-corrected chi connectivity index (χ2v) is 7.74. The summed E-state index contributed by atoms with van der Waals surface area (Å²) in [7, 11) is -3.45. The van der Waals surface area contributed by atoms with Crippen molar-refractivity contribution >= 4 is 43.4 Å². The molecule has 0 amide bonds. The molecule has 1 aromatic carbocycles. The Labute approximate surface area is 127 Å². The number of hydrogen-bond acceptors (Lipinski definition) is 4. The third-order valence-electron chi connectivity index (χ3n) is 2.60. The number of anilines is 1. The van der Waals surface area contributed by atoms with Gasteiger partial charge >= 0.3 is 0 Å². The van der Waals surface area contributed by atoms with Gasteiger partial charge in [0.15, 0.2) is 0 Å². The van der Waals surface area contributed by atoms with Crippen LogP contribution in [-0.4, -0.2) is 27.0 Å². The summed E-state index contributed by atoms with van der Waals surface area (Å²) in [4.78, 5) is 0.206. The van der Waals surface area contributed by atoms with Crippen LogP contribution in [0.3, 0.4) is 0 Å². The van der Waals surface area contributed by atoms with E-state index in [1.807, 2.05) is 11.8 Å². The molecule has 1 rings (SSSR count). The standard InChI is InChI=1S/C12H19BrN2O2S2/c1-18-8-4-2-3-7-15-19(16,17)10-5-6-11(13)12(14)9-10/h5-6,9,15H,2-4,7-8,14H2,1H3. The maximum atomic E-state index is 12.0. The lowest BCUT2D eigenvalue weighted by molar-refractivity contribution is 0.576. The van der Waals surface area contributed by atoms with Crippen LogP contribution in [-0.2, 0) is 10.0 Å². The molecule has 0 aliphatic carbocycles. The predicted octanol–water partition coefficient (Wildman–Crippen LogP) is 2.84. The number of benzene rings is 1. The van der Waals surface area contributed by atoms with Crippen molar-refractivity contribution in [1.82, 2.24) is 4.72 Å². The fourth-order valence-corrected chi connectivity index (χ4v) is 3.38. The van der Waals surface area contributed by atoms with E-state index < -0.39 is 10.0 Å². The fourth-order valence-electron chi connectivity index (χ4n) is 1.53. The van der Waals surface area contributed by atoms with Crippen molar-refractivity contribution in [2.45, 2.75) is 24.2 Å². The van der Waals surface area contributed by atoms with E-state index in [0.29, 0.717) is 16.7 Å². The van der Waals surface area contributed by atoms with Gasteiger partial charge in [0.2, 0.25) is 10.0 Å². The lowest BCUT2D eigenvalue weighted by atomic mass is 10.2. The van der Waals surface area contributed by atoms with Crippen LogP contribution >= 0.6 is 27.7 Å². The topological polar surface area (TPSA) is 72.2 Å². The average Bonchev–Trinajstić information content (AvgIpc) is 2.36. The SMILES string of the molecule is CSCCCCCNS(=O)(=O)c1ccc(Br)c(N)c1. The van der Waals surface area contributed by atoms with Gasteiger partial charge in [0, 0.05) is 16.7 Å². The molecule has 0 aliphatic heterocycles. The zero-order valence-electron chi connectivity index (χ0n) is 10.9. The minimum atomic E-state index is -3.45. The zero-order chi connectivity index (χ0) is 14.3. The first kappa shape index (κ1) is 16.8. The highest BCUT2D eigenvalue weighted by molar-refractivity contribution is 9.10. The van der Waals surface area contributed by atoms with Gasteiger partial charge in [-0.05, 0) is 59.0 Å². The van der Waals surface area contributed by atoms with E-state index in [0.717, 1.165) is 25.0 Å². The van der Waals surface area contributed by atoms with Crippen LogP contribution in [0.5, 0.6) is 0 Å². The molecule has 0 fully saturated rings. The Morgan fingerprint density at radius 2 is 2.05 bits per heavy atom. The van der Waals surface area contributed by atoms with E-state index in [2.05, 4.69) is 26.9 Å². The van der Waals surface area contributed by atoms with Gasteiger partial charge in [0.25, 0.3) is 0 Å². The molecular weight excluding hydrogens is 348 g/mol. The molecule has 0 heterocycles. The Morgan fingerprint density at radius 3 is 2.68 bits per heavy atom. The van der Waals surface area contributed by atoms with Crippen LogP contribution in [0.1, 0.15) is 19.3 Å². The molecule has 0 unspecified atom stereocenters. The van der Waals surface area contributed by atoms with Crippen LogP contribution in [0.15, 0.2) is 27.6 Å². The van der Waals surface area contributed by atoms with E-state index in [9.17, 15) is 8.42 Å². The lowest BCUT2D eigenvalue weighted by Crippen LogP contribution is -2.24. The van der Waals surface area contributed by atoms with Crippen molar-refractivity contribution in [3.8, 4) is 0 Å². The Balaban J connectivity index is 2.49. The number of rotatable bonds is 8. The van der Waals surface area contributed by atoms with Crippen molar-refractivity contribution in [2.24, 2.45) is 0 Å². The van der Waals surface area contributed by atoms with Crippen molar-refractivity contribution < 1.29 is 8.42 Å². The molecule has 1 aromatic rings. The van der Waals surface area contributed by atoms with Gasteiger partial charge in [-0.1, -0.05) is 6.42 Å². The highest BCUT2D eigenvalue weighted by Gasteiger charge is 2.14. The fraction of sp³-hybridized carbons (Fsp3) is 0.500. The minimum absolute atomic E-state index is 0.206. The van der Waals surface area contributed by atoms with Gasteiger partial charge in [-0.2, -0.15) is 11.8 Å². The van der Waals surface area contributed by atoms with E-state index in [-0.39, 0.29) is 4.90 Å². The molecule has 7 heteroatoms. The molecule has 0 atom stereocenters. The summed E-state index contributed by atoms with van der Waals surface area (Å²) >= 11 is 5.05. The number of nitrogen functional groups attached to an aromatic ring is 1. The molecule has 4 nitrogen and oxygen atoms in total. The minimum Gasteiger partial charge on any atom is -0.398 e. The maximum Gasteiger partial charge on any atom is 0.240 e. The van der Waals surface area contributed by atoms with Gasteiger partial charge in [-0.15, -0.1) is 0 Å². The molecule has 0 saturated heterocycles. The summed E-state index contributed by atoms with van der Waals surface area (Å²) in [5.41, 5.74) is 6.10. The largest absolute Gasteiger partial charge is 0.398 e. The Kier molecular flexibility index (Phi) is 7.20. The summed E-state index contributed by atoms with van der Waals surface area (Å²) in [6.45, 7) is 0.465. The second-order valence-electron chi connectivity index (χ2n) is 4.13. The molecule has 0 radical (unpaired) electrons. The number of nitrogens with two attached hydrogens (primary N) is 1. The molecule has 0 aliphatic rings. The zero-order valence-corrected chi connectivity index (χ0v) is 14.1. The lowest BCUT2D eigenvalue weighted by Gasteiger charge is -2.08. The first-order valence-electron chi connectivity index (χ1n) is 6.01. The monoisotopic (exact) mass is 366 g/mol. The van der Waals surface area contributed by atoms with Gasteiger partial charge in [0.05, 0.1) is 4.90 Å². The number of nitrogens with one attached hydrogen (secondary N) is 1. The third kappa shape index (κ3) is 5.72. The van der Waals surface area contributed by atoms with Gasteiger partial charge in [0.1, 0.15) is 0 Å². The molecule has 19 heavy (non-hydrogen) atoms. The van der Waals surface area contributed by atoms with Gasteiger partial charge < -0.3 is 5.73 Å². The van der Waals surface area contributed by atoms with Crippen molar-refractivity contribution in [1.29, 1.82) is 0 Å². The number of sulfonamides is 1. The van der Waals surface area contributed by atoms with Crippen molar-refractivity contribution in [3.63, 3.8) is 0 Å². The molecule has 108 valence electrons. The van der Waals surface area contributed by atoms with E-state index in [1.54, 1.807) is 6.07 Å². The first-order valence-corrected chi connectivity index (χ1v) is 9.68. The van der Waals surface area contributed by atoms with Crippen molar-refractivity contribution in [2.75, 3.05) is 24.3 Å². The summed E-state index contributed by atoms with van der Waals surface area (Å²) < 4.78 is 27.3. The normalized spacial score (nSPS) is 11.7. The number of unbranched alkanes of at least 4 members (excludes halogenated alkanes) is 2. The summed E-state index contributed by atoms with van der Waals surface area (Å²) in [6, 6.07) is 4.64. The smallest absolute Gasteiger partial charge is 0.240 e. The van der Waals surface area contributed by atoms with E-state index in [4.69, 9.17) is 5.73 Å². The van der Waals surface area contributed by atoms with Crippen LogP contribution < -0.4 is 10.5 Å². The summed E-state index contributed by atoms with van der Waals surface area (Å²) in [6.07, 6.45) is 5.08. The van der Waals surface area contributed by atoms with Crippen LogP contribution in [0.25, 0.3) is 0 Å². The van der Waals surface area contributed by atoms with Crippen molar-refractivity contribution in [3.05, 3.63) is 22.7 Å². The first-order chi connectivity index (χ1) is 8.97. The molecular formula is C12H19BrN2O2S2. The highest BCUT2D eigenvalue weighted by atomic mass is 79.9. The van der Waals surface area contributed by atoms with E-state index in [1.165, 1.54) is 12.1 Å². The highest BCUT2D eigenvalue weighted by Crippen LogP contribution is 2.22. The molecule has 0 bridgehead atoms. The number of halogens is 1. The van der Waals surface area contributed by atoms with Crippen LogP contribution in [0.4, 0.5) is 5.69 Å². The second kappa shape index (κ2) is 8.14. The van der Waals surface area contributed by atoms with Crippen LogP contribution in [0.2, 0.25) is 0 Å². The molecule has 3 N–H and O–H groups in total. The molecule has 0 saturated carbocycles. The Morgan fingerprint density at radius 1 is 1.32 bits per heavy atom. The Hall–Kier alpha value is -0.240. The van der Waals surface area contributed by atoms with Gasteiger partial charge in [-0.3, -0.25) is 0 Å². The summed E-state index contributed by atoms with van der Waals surface area (Å²) in [5.74, 6) is 1.12. The quantitative estimate of drug-likeness (QED) is 0.548. The molecule has 0 aromatic heterocycles. The number of hydrogen-bond donors (Lipinski definition) is 2. The van der Waals surface area contributed by atoms with Gasteiger partial charge in [-0.25, -0.2) is 13.1 Å². The Bertz CT molecular complexity index is 506. The maximum absolute atomic E-state index is 12.0. The average molecular weight is 367 g/mol. The summed E-state index contributed by atoms with van der Waals surface area (Å²) in [5, 5.41) is 0. The third-order valence-corrected chi connectivity index (χ3v) is 5.47. The molecule has 0 spiro atoms. The predicted molar refractivity (Wildman–Crippen MR) is 86.0 cm³/mol. The van der Waals surface area contributed by atoms with Crippen LogP contribution in [0, 0.1) is 0 Å². The van der Waals surface area contributed by atoms with E-state index >= 15 is 0 Å².